The molecule has 0 spiro atoms. The average molecular weight is 287 g/mol. The smallest absolute Gasteiger partial charge is 0.313 e. The van der Waals surface area contributed by atoms with Gasteiger partial charge in [0.15, 0.2) is 0 Å². The predicted octanol–water partition coefficient (Wildman–Crippen LogP) is -1.52. The molecule has 1 aliphatic rings. The van der Waals surface area contributed by atoms with E-state index in [0.717, 1.165) is 0 Å². The molecule has 0 aliphatic carbocycles. The first kappa shape index (κ1) is 13.0. The summed E-state index contributed by atoms with van der Waals surface area (Å²) in [6.07, 6.45) is 0. The van der Waals surface area contributed by atoms with Crippen molar-refractivity contribution >= 4 is 47.1 Å². The van der Waals surface area contributed by atoms with Gasteiger partial charge in [0, 0.05) is 0 Å². The van der Waals surface area contributed by atoms with Crippen molar-refractivity contribution in [1.82, 2.24) is 0 Å². The SMILES string of the molecule is C[Si]1(C)O[SiH2]O[SiH2]O[SiH2]O[Si](C)(C)O1. The first-order valence-corrected chi connectivity index (χ1v) is 13.6. The van der Waals surface area contributed by atoms with Crippen LogP contribution in [0.25, 0.3) is 0 Å². The van der Waals surface area contributed by atoms with Gasteiger partial charge in [-0.3, -0.25) is 0 Å². The fourth-order valence-corrected chi connectivity index (χ4v) is 13.9. The predicted molar refractivity (Wildman–Crippen MR) is 66.0 cm³/mol. The maximum absolute atomic E-state index is 5.96. The normalized spacial score (nSPS) is 33.4. The van der Waals surface area contributed by atoms with E-state index in [2.05, 4.69) is 0 Å². The Hall–Kier alpha value is 0.884. The molecule has 0 atom stereocenters. The zero-order valence-corrected chi connectivity index (χ0v) is 15.4. The van der Waals surface area contributed by atoms with Gasteiger partial charge in [-0.05, 0) is 26.2 Å². The van der Waals surface area contributed by atoms with Crippen LogP contribution in [-0.2, 0) is 20.6 Å². The molecule has 14 heavy (non-hydrogen) atoms. The highest BCUT2D eigenvalue weighted by molar-refractivity contribution is 6.82. The summed E-state index contributed by atoms with van der Waals surface area (Å²) in [4.78, 5) is 0. The van der Waals surface area contributed by atoms with Crippen molar-refractivity contribution in [1.29, 1.82) is 0 Å². The van der Waals surface area contributed by atoms with E-state index in [1.807, 2.05) is 26.2 Å². The van der Waals surface area contributed by atoms with Crippen molar-refractivity contribution in [3.05, 3.63) is 0 Å². The summed E-state index contributed by atoms with van der Waals surface area (Å²) in [6, 6.07) is 0. The van der Waals surface area contributed by atoms with Crippen LogP contribution in [0.1, 0.15) is 0 Å². The minimum atomic E-state index is -2.00. The molecular formula is C4H18O5Si5. The highest BCUT2D eigenvalue weighted by atomic mass is 28.5. The maximum Gasteiger partial charge on any atom is 0.313 e. The summed E-state index contributed by atoms with van der Waals surface area (Å²) >= 11 is 0. The van der Waals surface area contributed by atoms with Crippen LogP contribution in [0, 0.1) is 0 Å². The topological polar surface area (TPSA) is 46.2 Å². The lowest BCUT2D eigenvalue weighted by atomic mass is 11.9. The minimum absolute atomic E-state index is 0.821. The van der Waals surface area contributed by atoms with Crippen LogP contribution < -0.4 is 0 Å². The third-order valence-electron chi connectivity index (χ3n) is 1.64. The lowest BCUT2D eigenvalue weighted by molar-refractivity contribution is 0.294. The van der Waals surface area contributed by atoms with Gasteiger partial charge in [-0.25, -0.2) is 0 Å². The Morgan fingerprint density at radius 3 is 1.57 bits per heavy atom. The summed E-state index contributed by atoms with van der Waals surface area (Å²) in [5.74, 6) is 0. The Balaban J connectivity index is 2.55. The third kappa shape index (κ3) is 5.10. The molecule has 5 nitrogen and oxygen atoms in total. The summed E-state index contributed by atoms with van der Waals surface area (Å²) in [5, 5.41) is 0. The van der Waals surface area contributed by atoms with Gasteiger partial charge >= 0.3 is 17.1 Å². The molecule has 1 heterocycles. The Morgan fingerprint density at radius 1 is 0.714 bits per heavy atom. The van der Waals surface area contributed by atoms with Gasteiger partial charge in [-0.15, -0.1) is 0 Å². The lowest BCUT2D eigenvalue weighted by Crippen LogP contribution is -2.51. The van der Waals surface area contributed by atoms with Gasteiger partial charge in [0.1, 0.15) is 0 Å². The molecule has 1 rings (SSSR count). The Bertz CT molecular complexity index is 169. The second-order valence-corrected chi connectivity index (χ2v) is 16.7. The highest BCUT2D eigenvalue weighted by Crippen LogP contribution is 2.16. The van der Waals surface area contributed by atoms with Crippen LogP contribution >= 0.6 is 0 Å². The molecule has 0 aromatic heterocycles. The van der Waals surface area contributed by atoms with E-state index in [4.69, 9.17) is 20.6 Å². The Labute approximate surface area is 94.1 Å². The molecule has 0 saturated carbocycles. The van der Waals surface area contributed by atoms with Crippen molar-refractivity contribution in [3.8, 4) is 0 Å². The van der Waals surface area contributed by atoms with E-state index >= 15 is 0 Å². The van der Waals surface area contributed by atoms with Crippen molar-refractivity contribution in [2.75, 3.05) is 0 Å². The van der Waals surface area contributed by atoms with Gasteiger partial charge in [-0.2, -0.15) is 0 Å². The second-order valence-electron chi connectivity index (χ2n) is 3.95. The van der Waals surface area contributed by atoms with Gasteiger partial charge in [0.25, 0.3) is 30.0 Å². The molecule has 0 aromatic carbocycles. The van der Waals surface area contributed by atoms with Gasteiger partial charge in [0.2, 0.25) is 0 Å². The summed E-state index contributed by atoms with van der Waals surface area (Å²) in [6.45, 7) is 8.19. The summed E-state index contributed by atoms with van der Waals surface area (Å²) < 4.78 is 28.1. The largest absolute Gasteiger partial charge is 0.425 e. The molecule has 0 N–H and O–H groups in total. The van der Waals surface area contributed by atoms with Gasteiger partial charge < -0.3 is 20.6 Å². The fourth-order valence-electron chi connectivity index (χ4n) is 1.14. The number of hydrogen-bond acceptors (Lipinski definition) is 5. The molecule has 10 heteroatoms. The molecule has 1 fully saturated rings. The van der Waals surface area contributed by atoms with Gasteiger partial charge in [0.05, 0.1) is 0 Å². The van der Waals surface area contributed by atoms with Crippen molar-refractivity contribution in [2.45, 2.75) is 26.2 Å². The van der Waals surface area contributed by atoms with Crippen LogP contribution in [0.15, 0.2) is 0 Å². The van der Waals surface area contributed by atoms with Crippen LogP contribution in [-0.4, -0.2) is 47.1 Å². The molecule has 0 radical (unpaired) electrons. The Morgan fingerprint density at radius 2 is 1.14 bits per heavy atom. The maximum atomic E-state index is 5.96. The standard InChI is InChI=1S/C4H18O5Si5/c1-13(2)7-11-5-10-6-12-8-14(3,4)9-13/h10-12H2,1-4H3. The molecule has 0 aromatic rings. The summed E-state index contributed by atoms with van der Waals surface area (Å²) in [7, 11) is -6.58. The molecule has 0 bridgehead atoms. The number of rotatable bonds is 0. The molecule has 0 amide bonds. The third-order valence-corrected chi connectivity index (χ3v) is 14.7. The van der Waals surface area contributed by atoms with E-state index in [1.54, 1.807) is 0 Å². The van der Waals surface area contributed by atoms with E-state index in [0.29, 0.717) is 0 Å². The van der Waals surface area contributed by atoms with Crippen LogP contribution in [0.2, 0.25) is 26.2 Å². The molecule has 1 saturated heterocycles. The average Bonchev–Trinajstić information content (AvgIpc) is 1.99. The van der Waals surface area contributed by atoms with Gasteiger partial charge in [-0.1, -0.05) is 0 Å². The first-order chi connectivity index (χ1) is 6.41. The molecule has 84 valence electrons. The second kappa shape index (κ2) is 5.28. The zero-order valence-electron chi connectivity index (χ0n) is 9.16. The summed E-state index contributed by atoms with van der Waals surface area (Å²) in [5.41, 5.74) is 0. The van der Waals surface area contributed by atoms with Crippen LogP contribution in [0.3, 0.4) is 0 Å². The first-order valence-electron chi connectivity index (χ1n) is 4.55. The molecular weight excluding hydrogens is 268 g/mol. The molecule has 0 unspecified atom stereocenters. The van der Waals surface area contributed by atoms with Crippen molar-refractivity contribution < 1.29 is 20.6 Å². The fraction of sp³-hybridized carbons (Fsp3) is 1.00. The van der Waals surface area contributed by atoms with Crippen LogP contribution in [0.4, 0.5) is 0 Å². The monoisotopic (exact) mass is 286 g/mol. The van der Waals surface area contributed by atoms with E-state index in [1.165, 1.54) is 0 Å². The quantitative estimate of drug-likeness (QED) is 0.506. The minimum Gasteiger partial charge on any atom is -0.425 e. The lowest BCUT2D eigenvalue weighted by Gasteiger charge is -2.33. The highest BCUT2D eigenvalue weighted by Gasteiger charge is 2.36. The molecule has 1 aliphatic heterocycles. The van der Waals surface area contributed by atoms with Crippen molar-refractivity contribution in [3.63, 3.8) is 0 Å². The zero-order chi connectivity index (χ0) is 10.7. The van der Waals surface area contributed by atoms with E-state index < -0.39 is 47.1 Å². The van der Waals surface area contributed by atoms with E-state index in [-0.39, 0.29) is 0 Å². The number of hydrogen-bond donors (Lipinski definition) is 0. The Kier molecular flexibility index (Phi) is 4.89. The van der Waals surface area contributed by atoms with E-state index in [9.17, 15) is 0 Å². The van der Waals surface area contributed by atoms with Crippen LogP contribution in [0.5, 0.6) is 0 Å². The van der Waals surface area contributed by atoms with Crippen molar-refractivity contribution in [2.24, 2.45) is 0 Å².